The van der Waals surface area contributed by atoms with Crippen molar-refractivity contribution in [3.8, 4) is 28.3 Å². The number of ether oxygens (including phenoxy) is 2. The van der Waals surface area contributed by atoms with Crippen LogP contribution in [0.5, 0.6) is 11.5 Å². The van der Waals surface area contributed by atoms with Crippen molar-refractivity contribution in [3.05, 3.63) is 113 Å². The molecule has 0 radical (unpaired) electrons. The number of anilines is 1. The van der Waals surface area contributed by atoms with Crippen LogP contribution < -0.4 is 19.5 Å². The van der Waals surface area contributed by atoms with Gasteiger partial charge in [-0.15, -0.1) is 0 Å². The van der Waals surface area contributed by atoms with Crippen molar-refractivity contribution in [1.29, 1.82) is 0 Å². The fraction of sp³-hybridized carbons (Fsp3) is 0.237. The predicted octanol–water partition coefficient (Wildman–Crippen LogP) is 4.87. The van der Waals surface area contributed by atoms with Crippen LogP contribution in [0.3, 0.4) is 0 Å². The summed E-state index contributed by atoms with van der Waals surface area (Å²) in [5.74, 6) is -3.35. The third-order valence-electron chi connectivity index (χ3n) is 9.22. The molecule has 0 aliphatic carbocycles. The molecule has 2 heterocycles. The second kappa shape index (κ2) is 15.4. The molecule has 1 unspecified atom stereocenters. The summed E-state index contributed by atoms with van der Waals surface area (Å²) in [7, 11) is -1.20. The second-order valence-corrected chi connectivity index (χ2v) is 14.2. The number of halogens is 2. The van der Waals surface area contributed by atoms with Crippen molar-refractivity contribution in [3.63, 3.8) is 0 Å². The lowest BCUT2D eigenvalue weighted by Crippen LogP contribution is -2.42. The Hall–Kier alpha value is -6.16. The van der Waals surface area contributed by atoms with E-state index < -0.39 is 50.6 Å². The Morgan fingerprint density at radius 3 is 2.17 bits per heavy atom. The molecule has 1 aliphatic heterocycles. The first kappa shape index (κ1) is 37.6. The van der Waals surface area contributed by atoms with Crippen LogP contribution in [0.4, 0.5) is 14.5 Å². The second-order valence-electron chi connectivity index (χ2n) is 12.6. The molecule has 1 aliphatic rings. The lowest BCUT2D eigenvalue weighted by Gasteiger charge is -2.32. The van der Waals surface area contributed by atoms with E-state index in [2.05, 4.69) is 20.1 Å². The van der Waals surface area contributed by atoms with Crippen LogP contribution >= 0.6 is 0 Å². The summed E-state index contributed by atoms with van der Waals surface area (Å²) in [4.78, 5) is 44.1. The number of hydrogen-bond acceptors (Lipinski definition) is 9. The quantitative estimate of drug-likeness (QED) is 0.181. The zero-order valence-corrected chi connectivity index (χ0v) is 30.5. The van der Waals surface area contributed by atoms with Gasteiger partial charge in [0.25, 0.3) is 15.9 Å². The van der Waals surface area contributed by atoms with E-state index in [1.165, 1.54) is 55.4 Å². The summed E-state index contributed by atoms with van der Waals surface area (Å²) in [6.45, 7) is 3.43. The number of nitrogens with zero attached hydrogens (tertiary/aromatic N) is 4. The van der Waals surface area contributed by atoms with Crippen molar-refractivity contribution in [2.24, 2.45) is 0 Å². The Kier molecular flexibility index (Phi) is 10.7. The number of rotatable bonds is 12. The molecule has 0 fully saturated rings. The molecule has 54 heavy (non-hydrogen) atoms. The van der Waals surface area contributed by atoms with Crippen LogP contribution in [0.2, 0.25) is 0 Å². The number of methoxy groups -OCH3 is 2. The van der Waals surface area contributed by atoms with Crippen molar-refractivity contribution in [1.82, 2.24) is 25.0 Å². The zero-order valence-electron chi connectivity index (χ0n) is 29.7. The minimum Gasteiger partial charge on any atom is -0.496 e. The van der Waals surface area contributed by atoms with Crippen LogP contribution in [-0.2, 0) is 39.0 Å². The van der Waals surface area contributed by atoms with Crippen LogP contribution in [-0.4, -0.2) is 72.5 Å². The zero-order chi connectivity index (χ0) is 38.7. The highest BCUT2D eigenvalue weighted by molar-refractivity contribution is 7.92. The number of benzene rings is 4. The molecule has 5 aromatic rings. The molecule has 16 heteroatoms. The highest BCUT2D eigenvalue weighted by atomic mass is 32.2. The molecule has 0 saturated carbocycles. The van der Waals surface area contributed by atoms with Gasteiger partial charge in [0.15, 0.2) is 5.78 Å². The van der Waals surface area contributed by atoms with Crippen LogP contribution in [0.1, 0.15) is 40.9 Å². The van der Waals surface area contributed by atoms with Gasteiger partial charge in [0.1, 0.15) is 41.4 Å². The largest absolute Gasteiger partial charge is 0.496 e. The molecule has 4 aromatic carbocycles. The first-order chi connectivity index (χ1) is 25.8. The highest BCUT2D eigenvalue weighted by Crippen LogP contribution is 2.43. The number of amides is 2. The van der Waals surface area contributed by atoms with Crippen LogP contribution in [0.15, 0.2) is 84.3 Å². The molecular weight excluding hydrogens is 723 g/mol. The fourth-order valence-corrected chi connectivity index (χ4v) is 7.53. The standard InChI is InChI=1S/C38H36F2N6O7S/c1-22(47)33(16-24-8-13-29(30-19-45(23(2)48)15-14-28(24)30)36-34(52-3)6-5-7-35(36)53-4)43-38(49)37-31(39)17-25(18-32(37)40)44-54(50,51)27-11-9-26(10-12-27)46-21-41-20-42-46/h5-13,17-18,20-21,33,44H,14-16,19H2,1-4H3,(H,43,49). The van der Waals surface area contributed by atoms with E-state index in [4.69, 9.17) is 9.47 Å². The first-order valence-electron chi connectivity index (χ1n) is 16.7. The van der Waals surface area contributed by atoms with Gasteiger partial charge in [-0.1, -0.05) is 18.2 Å². The van der Waals surface area contributed by atoms with Gasteiger partial charge in [-0.05, 0) is 84.1 Å². The van der Waals surface area contributed by atoms with Gasteiger partial charge in [0, 0.05) is 26.4 Å². The number of ketones is 1. The number of carbonyl (C=O) groups is 3. The lowest BCUT2D eigenvalue weighted by atomic mass is 9.85. The molecule has 1 atom stereocenters. The minimum atomic E-state index is -4.28. The maximum Gasteiger partial charge on any atom is 0.261 e. The first-order valence-corrected chi connectivity index (χ1v) is 18.2. The van der Waals surface area contributed by atoms with E-state index in [1.54, 1.807) is 37.3 Å². The Morgan fingerprint density at radius 2 is 1.59 bits per heavy atom. The van der Waals surface area contributed by atoms with Crippen LogP contribution in [0, 0.1) is 11.6 Å². The van der Waals surface area contributed by atoms with Crippen LogP contribution in [0.25, 0.3) is 16.8 Å². The number of hydrogen-bond donors (Lipinski definition) is 2. The summed E-state index contributed by atoms with van der Waals surface area (Å²) >= 11 is 0. The van der Waals surface area contributed by atoms with Crippen molar-refractivity contribution in [2.45, 2.75) is 44.2 Å². The van der Waals surface area contributed by atoms with Gasteiger partial charge < -0.3 is 19.7 Å². The number of fused-ring (bicyclic) bond motifs is 1. The SMILES string of the molecule is COc1cccc(OC)c1-c1ccc(CC(NC(=O)c2c(F)cc(NS(=O)(=O)c3ccc(-n4cncn4)cc3)cc2F)C(C)=O)c2c1CN(C(C)=O)CC2. The summed E-state index contributed by atoms with van der Waals surface area (Å²) in [6.07, 6.45) is 3.18. The Morgan fingerprint density at radius 1 is 0.926 bits per heavy atom. The molecule has 6 rings (SSSR count). The number of nitrogens with one attached hydrogen (secondary N) is 2. The van der Waals surface area contributed by atoms with Crippen molar-refractivity contribution >= 4 is 33.3 Å². The molecule has 0 saturated heterocycles. The van der Waals surface area contributed by atoms with Gasteiger partial charge in [0.05, 0.1) is 42.1 Å². The average molecular weight is 759 g/mol. The maximum absolute atomic E-state index is 15.4. The van der Waals surface area contributed by atoms with Crippen molar-refractivity contribution in [2.75, 3.05) is 25.5 Å². The Balaban J connectivity index is 1.25. The summed E-state index contributed by atoms with van der Waals surface area (Å²) in [6, 6.07) is 14.8. The number of aromatic nitrogens is 3. The van der Waals surface area contributed by atoms with E-state index in [0.717, 1.165) is 16.7 Å². The molecule has 13 nitrogen and oxygen atoms in total. The molecule has 2 amide bonds. The molecule has 0 bridgehead atoms. The van der Waals surface area contributed by atoms with Gasteiger partial charge >= 0.3 is 0 Å². The topological polar surface area (TPSA) is 162 Å². The molecule has 1 aromatic heterocycles. The lowest BCUT2D eigenvalue weighted by molar-refractivity contribution is -0.129. The molecular formula is C38H36F2N6O7S. The maximum atomic E-state index is 15.4. The van der Waals surface area contributed by atoms with Gasteiger partial charge in [0.2, 0.25) is 5.91 Å². The summed E-state index contributed by atoms with van der Waals surface area (Å²) < 4.78 is 71.7. The fourth-order valence-electron chi connectivity index (χ4n) is 6.49. The minimum absolute atomic E-state index is 0.0103. The summed E-state index contributed by atoms with van der Waals surface area (Å²) in [5.41, 5.74) is 2.92. The number of sulfonamides is 1. The van der Waals surface area contributed by atoms with Gasteiger partial charge in [-0.3, -0.25) is 19.1 Å². The smallest absolute Gasteiger partial charge is 0.261 e. The number of carbonyl (C=O) groups excluding carboxylic acids is 3. The highest BCUT2D eigenvalue weighted by Gasteiger charge is 2.30. The normalized spacial score (nSPS) is 13.1. The Labute approximate surface area is 310 Å². The Bertz CT molecular complexity index is 2310. The van der Waals surface area contributed by atoms with E-state index >= 15 is 8.78 Å². The van der Waals surface area contributed by atoms with Gasteiger partial charge in [-0.2, -0.15) is 5.10 Å². The van der Waals surface area contributed by atoms with E-state index in [1.807, 2.05) is 12.1 Å². The molecule has 280 valence electrons. The third-order valence-corrected chi connectivity index (χ3v) is 10.6. The molecule has 2 N–H and O–H groups in total. The van der Waals surface area contributed by atoms with E-state index in [0.29, 0.717) is 53.4 Å². The monoisotopic (exact) mass is 758 g/mol. The number of Topliss-reactive ketones (excluding diaryl/α,β-unsaturated/α-hetero) is 1. The van der Waals surface area contributed by atoms with E-state index in [-0.39, 0.29) is 23.8 Å². The van der Waals surface area contributed by atoms with Gasteiger partial charge in [-0.25, -0.2) is 26.9 Å². The van der Waals surface area contributed by atoms with E-state index in [9.17, 15) is 22.8 Å². The summed E-state index contributed by atoms with van der Waals surface area (Å²) in [5, 5.41) is 6.44. The average Bonchev–Trinajstić information content (AvgIpc) is 3.69. The predicted molar refractivity (Wildman–Crippen MR) is 194 cm³/mol. The third kappa shape index (κ3) is 7.64. The molecule has 0 spiro atoms. The van der Waals surface area contributed by atoms with Crippen molar-refractivity contribution < 1.29 is 41.1 Å².